The van der Waals surface area contributed by atoms with Crippen molar-refractivity contribution in [3.05, 3.63) is 39.6 Å². The highest BCUT2D eigenvalue weighted by Crippen LogP contribution is 2.43. The smallest absolute Gasteiger partial charge is 0.307 e. The van der Waals surface area contributed by atoms with E-state index in [1.54, 1.807) is 6.20 Å². The molecule has 4 atom stereocenters. The maximum absolute atomic E-state index is 14.1. The Morgan fingerprint density at radius 1 is 1.20 bits per heavy atom. The third-order valence-electron chi connectivity index (χ3n) is 8.52. The Balaban J connectivity index is 1.70. The fraction of sp³-hybridized carbons (Fsp3) is 0.621. The lowest BCUT2D eigenvalue weighted by atomic mass is 9.77. The first-order valence-corrected chi connectivity index (χ1v) is 15.0. The van der Waals surface area contributed by atoms with Crippen LogP contribution in [0.1, 0.15) is 70.0 Å². The molecule has 40 heavy (non-hydrogen) atoms. The standard InChI is InChI=1S/C29H42BrN5O5/c1-17(2)35(32)14-19(31)16-40-25-9-8-23(30)22-11-13-34(28(37)20-6-4-5-7-21(20)29(38)39)24(26(22)25)15-33-12-10-18(3)27(33)36/h8-9,14,17-18,20-21,24H,4-7,10-13,15-16,31-32H2,1-3H3,(H,38,39)/b19-14-/t18?,20-,21+,24?/m1/s1. The van der Waals surface area contributed by atoms with Crippen molar-refractivity contribution in [1.82, 2.24) is 14.8 Å². The van der Waals surface area contributed by atoms with Crippen LogP contribution in [0.3, 0.4) is 0 Å². The minimum Gasteiger partial charge on any atom is -0.487 e. The van der Waals surface area contributed by atoms with Crippen molar-refractivity contribution in [1.29, 1.82) is 0 Å². The molecule has 0 aromatic heterocycles. The van der Waals surface area contributed by atoms with Crippen LogP contribution >= 0.6 is 15.9 Å². The quantitative estimate of drug-likeness (QED) is 0.282. The van der Waals surface area contributed by atoms with Crippen molar-refractivity contribution >= 4 is 33.7 Å². The molecule has 1 saturated heterocycles. The summed E-state index contributed by atoms with van der Waals surface area (Å²) < 4.78 is 7.15. The molecule has 1 saturated carbocycles. The summed E-state index contributed by atoms with van der Waals surface area (Å²) in [5.74, 6) is 4.26. The maximum Gasteiger partial charge on any atom is 0.307 e. The molecule has 1 aliphatic carbocycles. The molecule has 1 aromatic carbocycles. The van der Waals surface area contributed by atoms with Crippen LogP contribution in [0.5, 0.6) is 5.75 Å². The number of rotatable bonds is 9. The molecular weight excluding hydrogens is 578 g/mol. The van der Waals surface area contributed by atoms with Gasteiger partial charge in [0, 0.05) is 47.8 Å². The molecule has 0 bridgehead atoms. The van der Waals surface area contributed by atoms with Crippen molar-refractivity contribution in [2.45, 2.75) is 71.4 Å². The normalized spacial score (nSPS) is 25.2. The van der Waals surface area contributed by atoms with E-state index in [9.17, 15) is 19.5 Å². The van der Waals surface area contributed by atoms with Gasteiger partial charge in [0.05, 0.1) is 23.6 Å². The minimum absolute atomic E-state index is 0.0646. The number of hydrogen-bond donors (Lipinski definition) is 3. The molecule has 220 valence electrons. The number of carbonyl (C=O) groups excluding carboxylic acids is 2. The average molecular weight is 621 g/mol. The summed E-state index contributed by atoms with van der Waals surface area (Å²) in [5.41, 5.74) is 8.52. The second-order valence-electron chi connectivity index (χ2n) is 11.6. The van der Waals surface area contributed by atoms with Gasteiger partial charge in [0.1, 0.15) is 12.4 Å². The van der Waals surface area contributed by atoms with Crippen LogP contribution in [-0.2, 0) is 20.8 Å². The van der Waals surface area contributed by atoms with Gasteiger partial charge in [-0.1, -0.05) is 35.7 Å². The summed E-state index contributed by atoms with van der Waals surface area (Å²) in [6.45, 7) is 7.32. The summed E-state index contributed by atoms with van der Waals surface area (Å²) in [5, 5.41) is 11.4. The topological polar surface area (TPSA) is 142 Å². The predicted molar refractivity (Wildman–Crippen MR) is 155 cm³/mol. The van der Waals surface area contributed by atoms with Gasteiger partial charge in [-0.15, -0.1) is 0 Å². The summed E-state index contributed by atoms with van der Waals surface area (Å²) in [6.07, 6.45) is 5.69. The number of fused-ring (bicyclic) bond motifs is 1. The number of nitrogens with zero attached hydrogens (tertiary/aromatic N) is 3. The number of carbonyl (C=O) groups is 3. The molecule has 5 N–H and O–H groups in total. The molecule has 2 amide bonds. The van der Waals surface area contributed by atoms with Crippen LogP contribution in [0.4, 0.5) is 0 Å². The number of aliphatic carboxylic acids is 1. The van der Waals surface area contributed by atoms with E-state index in [0.29, 0.717) is 50.3 Å². The number of ether oxygens (including phenoxy) is 1. The first-order valence-electron chi connectivity index (χ1n) is 14.2. The van der Waals surface area contributed by atoms with E-state index in [0.717, 1.165) is 34.9 Å². The average Bonchev–Trinajstić information content (AvgIpc) is 3.24. The lowest BCUT2D eigenvalue weighted by Crippen LogP contribution is -2.50. The fourth-order valence-electron chi connectivity index (χ4n) is 6.12. The number of carboxylic acid groups (broad SMARTS) is 1. The number of benzene rings is 1. The van der Waals surface area contributed by atoms with E-state index in [1.807, 2.05) is 42.7 Å². The zero-order chi connectivity index (χ0) is 29.1. The van der Waals surface area contributed by atoms with E-state index in [-0.39, 0.29) is 30.4 Å². The van der Waals surface area contributed by atoms with Crippen LogP contribution < -0.4 is 16.3 Å². The third kappa shape index (κ3) is 6.40. The monoisotopic (exact) mass is 619 g/mol. The number of halogens is 1. The molecule has 1 aromatic rings. The summed E-state index contributed by atoms with van der Waals surface area (Å²) in [4.78, 5) is 42.8. The Hall–Kier alpha value is -2.79. The molecule has 2 unspecified atom stereocenters. The molecule has 10 nitrogen and oxygen atoms in total. The Kier molecular flexibility index (Phi) is 9.66. The van der Waals surface area contributed by atoms with Gasteiger partial charge in [-0.3, -0.25) is 14.4 Å². The third-order valence-corrected chi connectivity index (χ3v) is 9.26. The highest BCUT2D eigenvalue weighted by Gasteiger charge is 2.44. The van der Waals surface area contributed by atoms with E-state index < -0.39 is 23.8 Å². The van der Waals surface area contributed by atoms with Crippen molar-refractivity contribution in [2.24, 2.45) is 29.3 Å². The zero-order valence-electron chi connectivity index (χ0n) is 23.6. The molecule has 0 radical (unpaired) electrons. The van der Waals surface area contributed by atoms with E-state index in [4.69, 9.17) is 16.3 Å². The van der Waals surface area contributed by atoms with Gasteiger partial charge < -0.3 is 30.4 Å². The van der Waals surface area contributed by atoms with E-state index >= 15 is 0 Å². The second-order valence-corrected chi connectivity index (χ2v) is 12.4. The molecule has 2 fully saturated rings. The first kappa shape index (κ1) is 30.2. The summed E-state index contributed by atoms with van der Waals surface area (Å²) in [7, 11) is 0. The molecular formula is C29H42BrN5O5. The number of carboxylic acids is 1. The number of hydrazine groups is 1. The fourth-order valence-corrected chi connectivity index (χ4v) is 6.66. The number of nitrogens with two attached hydrogens (primary N) is 2. The summed E-state index contributed by atoms with van der Waals surface area (Å²) >= 11 is 3.69. The maximum atomic E-state index is 14.1. The van der Waals surface area contributed by atoms with Crippen molar-refractivity contribution in [3.63, 3.8) is 0 Å². The Labute approximate surface area is 244 Å². The highest BCUT2D eigenvalue weighted by molar-refractivity contribution is 9.10. The van der Waals surface area contributed by atoms with Gasteiger partial charge in [0.15, 0.2) is 0 Å². The molecule has 4 rings (SSSR count). The number of amides is 2. The minimum atomic E-state index is -0.917. The van der Waals surface area contributed by atoms with Gasteiger partial charge >= 0.3 is 5.97 Å². The molecule has 2 aliphatic heterocycles. The van der Waals surface area contributed by atoms with Crippen LogP contribution in [0.2, 0.25) is 0 Å². The zero-order valence-corrected chi connectivity index (χ0v) is 25.2. The van der Waals surface area contributed by atoms with Gasteiger partial charge in [-0.05, 0) is 57.2 Å². The van der Waals surface area contributed by atoms with Gasteiger partial charge in [-0.25, -0.2) is 5.84 Å². The van der Waals surface area contributed by atoms with Crippen molar-refractivity contribution in [3.8, 4) is 5.75 Å². The molecule has 11 heteroatoms. The number of likely N-dealkylation sites (tertiary alicyclic amines) is 1. The molecule has 0 spiro atoms. The first-order chi connectivity index (χ1) is 19.0. The SMILES string of the molecule is CC1CCN(CC2c3c(OC/C(N)=C/N(N)C(C)C)ccc(Br)c3CCN2C(=O)[C@@H]2CCCC[C@@H]2C(=O)O)C1=O. The van der Waals surface area contributed by atoms with Crippen LogP contribution in [-0.4, -0.2) is 70.0 Å². The lowest BCUT2D eigenvalue weighted by Gasteiger charge is -2.43. The largest absolute Gasteiger partial charge is 0.487 e. The van der Waals surface area contributed by atoms with E-state index in [2.05, 4.69) is 15.9 Å². The van der Waals surface area contributed by atoms with Gasteiger partial charge in [-0.2, -0.15) is 0 Å². The van der Waals surface area contributed by atoms with Gasteiger partial charge in [0.25, 0.3) is 0 Å². The Bertz CT molecular complexity index is 1160. The lowest BCUT2D eigenvalue weighted by molar-refractivity contribution is -0.154. The highest BCUT2D eigenvalue weighted by atomic mass is 79.9. The molecule has 2 heterocycles. The van der Waals surface area contributed by atoms with E-state index in [1.165, 1.54) is 5.01 Å². The Morgan fingerprint density at radius 2 is 1.90 bits per heavy atom. The number of hydrogen-bond acceptors (Lipinski definition) is 7. The van der Waals surface area contributed by atoms with Gasteiger partial charge in [0.2, 0.25) is 11.8 Å². The second kappa shape index (κ2) is 12.8. The van der Waals surface area contributed by atoms with Crippen molar-refractivity contribution in [2.75, 3.05) is 26.2 Å². The van der Waals surface area contributed by atoms with Crippen LogP contribution in [0.25, 0.3) is 0 Å². The predicted octanol–water partition coefficient (Wildman–Crippen LogP) is 3.40. The van der Waals surface area contributed by atoms with Crippen LogP contribution in [0.15, 0.2) is 28.5 Å². The summed E-state index contributed by atoms with van der Waals surface area (Å²) in [6, 6.07) is 3.38. The van der Waals surface area contributed by atoms with Crippen LogP contribution in [0, 0.1) is 17.8 Å². The molecule has 3 aliphatic rings. The van der Waals surface area contributed by atoms with Crippen molar-refractivity contribution < 1.29 is 24.2 Å². The Morgan fingerprint density at radius 3 is 2.52 bits per heavy atom.